The molecule has 1 N–H and O–H groups in total. The summed E-state index contributed by atoms with van der Waals surface area (Å²) >= 11 is 0. The Morgan fingerprint density at radius 1 is 1.14 bits per heavy atom. The van der Waals surface area contributed by atoms with E-state index in [0.717, 1.165) is 16.8 Å². The first-order chi connectivity index (χ1) is 17.0. The van der Waals surface area contributed by atoms with Crippen LogP contribution in [0.25, 0.3) is 17.1 Å². The highest BCUT2D eigenvalue weighted by molar-refractivity contribution is 5.56. The van der Waals surface area contributed by atoms with E-state index in [4.69, 9.17) is 9.47 Å². The number of aromatic nitrogens is 6. The maximum Gasteiger partial charge on any atom is 0.203 e. The maximum atomic E-state index is 12.4. The summed E-state index contributed by atoms with van der Waals surface area (Å²) in [4.78, 5) is 21.3. The molecule has 0 amide bonds. The van der Waals surface area contributed by atoms with Gasteiger partial charge in [0.15, 0.2) is 11.6 Å². The molecule has 10 nitrogen and oxygen atoms in total. The first-order valence-electron chi connectivity index (χ1n) is 11.4. The van der Waals surface area contributed by atoms with Crippen LogP contribution in [-0.2, 0) is 18.2 Å². The van der Waals surface area contributed by atoms with E-state index in [1.807, 2.05) is 37.5 Å². The van der Waals surface area contributed by atoms with Crippen molar-refractivity contribution in [2.45, 2.75) is 24.9 Å². The number of benzene rings is 1. The van der Waals surface area contributed by atoms with Crippen molar-refractivity contribution in [1.82, 2.24) is 29.5 Å². The molecular weight excluding hydrogens is 448 g/mol. The lowest BCUT2D eigenvalue weighted by Gasteiger charge is -2.31. The Bertz CT molecular complexity index is 1360. The SMILES string of the molecule is Cn1cc(-n2ccc(=O)c(Cc3cccc(-c4ncc(OCC5(O)CCOCC5)cn4)c3)n2)cn1. The molecule has 0 aliphatic carbocycles. The van der Waals surface area contributed by atoms with E-state index in [1.165, 1.54) is 6.07 Å². The zero-order chi connectivity index (χ0) is 24.3. The van der Waals surface area contributed by atoms with Crippen LogP contribution in [0, 0.1) is 0 Å². The van der Waals surface area contributed by atoms with Crippen molar-refractivity contribution in [3.8, 4) is 22.8 Å². The van der Waals surface area contributed by atoms with Gasteiger partial charge < -0.3 is 14.6 Å². The number of aliphatic hydroxyl groups is 1. The van der Waals surface area contributed by atoms with Crippen molar-refractivity contribution in [2.75, 3.05) is 19.8 Å². The number of nitrogens with zero attached hydrogens (tertiary/aromatic N) is 6. The van der Waals surface area contributed by atoms with Gasteiger partial charge in [-0.3, -0.25) is 9.48 Å². The molecule has 1 saturated heterocycles. The highest BCUT2D eigenvalue weighted by atomic mass is 16.5. The summed E-state index contributed by atoms with van der Waals surface area (Å²) in [5.41, 5.74) is 1.94. The van der Waals surface area contributed by atoms with E-state index in [0.29, 0.717) is 49.7 Å². The molecule has 0 atom stereocenters. The van der Waals surface area contributed by atoms with Crippen LogP contribution in [0.4, 0.5) is 0 Å². The van der Waals surface area contributed by atoms with Gasteiger partial charge in [-0.05, 0) is 11.6 Å². The first-order valence-corrected chi connectivity index (χ1v) is 11.4. The Kier molecular flexibility index (Phi) is 6.39. The van der Waals surface area contributed by atoms with Gasteiger partial charge in [0.1, 0.15) is 23.6 Å². The average molecular weight is 475 g/mol. The summed E-state index contributed by atoms with van der Waals surface area (Å²) in [5, 5.41) is 19.2. The number of rotatable bonds is 7. The number of hydrogen-bond acceptors (Lipinski definition) is 8. The summed E-state index contributed by atoms with van der Waals surface area (Å²) in [6.45, 7) is 1.23. The molecule has 10 heteroatoms. The van der Waals surface area contributed by atoms with Crippen LogP contribution in [0.1, 0.15) is 24.1 Å². The maximum absolute atomic E-state index is 12.4. The minimum atomic E-state index is -0.883. The van der Waals surface area contributed by atoms with E-state index in [9.17, 15) is 9.90 Å². The fraction of sp³-hybridized carbons (Fsp3) is 0.320. The third-order valence-corrected chi connectivity index (χ3v) is 5.95. The van der Waals surface area contributed by atoms with Gasteiger partial charge in [-0.15, -0.1) is 0 Å². The predicted molar refractivity (Wildman–Crippen MR) is 127 cm³/mol. The summed E-state index contributed by atoms with van der Waals surface area (Å²) < 4.78 is 14.3. The Balaban J connectivity index is 1.29. The molecule has 4 heterocycles. The second-order valence-corrected chi connectivity index (χ2v) is 8.69. The summed E-state index contributed by atoms with van der Waals surface area (Å²) in [7, 11) is 1.83. The van der Waals surface area contributed by atoms with Crippen LogP contribution in [0.3, 0.4) is 0 Å². The lowest BCUT2D eigenvalue weighted by atomic mass is 9.96. The van der Waals surface area contributed by atoms with Gasteiger partial charge in [0.25, 0.3) is 0 Å². The van der Waals surface area contributed by atoms with Crippen LogP contribution in [0.15, 0.2) is 66.1 Å². The Morgan fingerprint density at radius 2 is 1.94 bits per heavy atom. The molecule has 3 aromatic heterocycles. The van der Waals surface area contributed by atoms with E-state index >= 15 is 0 Å². The van der Waals surface area contributed by atoms with Crippen LogP contribution in [0.2, 0.25) is 0 Å². The van der Waals surface area contributed by atoms with Gasteiger partial charge in [0.05, 0.1) is 24.8 Å². The molecule has 5 rings (SSSR count). The van der Waals surface area contributed by atoms with Gasteiger partial charge in [-0.2, -0.15) is 10.2 Å². The molecule has 0 spiro atoms. The molecule has 0 unspecified atom stereocenters. The monoisotopic (exact) mass is 474 g/mol. The Morgan fingerprint density at radius 3 is 2.69 bits per heavy atom. The minimum absolute atomic E-state index is 0.125. The van der Waals surface area contributed by atoms with Gasteiger partial charge >= 0.3 is 0 Å². The number of aryl methyl sites for hydroxylation is 1. The predicted octanol–water partition coefficient (Wildman–Crippen LogP) is 1.93. The number of hydrogen-bond donors (Lipinski definition) is 1. The highest BCUT2D eigenvalue weighted by Gasteiger charge is 2.30. The fourth-order valence-corrected chi connectivity index (χ4v) is 3.91. The van der Waals surface area contributed by atoms with E-state index in [2.05, 4.69) is 20.2 Å². The Hall–Kier alpha value is -3.89. The molecule has 0 radical (unpaired) electrons. The lowest BCUT2D eigenvalue weighted by molar-refractivity contribution is -0.0856. The van der Waals surface area contributed by atoms with Crippen LogP contribution in [0.5, 0.6) is 5.75 Å². The summed E-state index contributed by atoms with van der Waals surface area (Å²) in [6.07, 6.45) is 9.82. The largest absolute Gasteiger partial charge is 0.487 e. The van der Waals surface area contributed by atoms with Gasteiger partial charge in [0.2, 0.25) is 5.43 Å². The first kappa shape index (κ1) is 22.9. The van der Waals surface area contributed by atoms with Crippen molar-refractivity contribution < 1.29 is 14.6 Å². The molecular formula is C25H26N6O4. The molecule has 4 aromatic rings. The number of ether oxygens (including phenoxy) is 2. The van der Waals surface area contributed by atoms with Crippen molar-refractivity contribution in [1.29, 1.82) is 0 Å². The smallest absolute Gasteiger partial charge is 0.203 e. The molecule has 1 aliphatic rings. The second-order valence-electron chi connectivity index (χ2n) is 8.69. The molecule has 1 aromatic carbocycles. The van der Waals surface area contributed by atoms with Crippen molar-refractivity contribution in [3.05, 3.63) is 82.8 Å². The van der Waals surface area contributed by atoms with E-state index < -0.39 is 5.60 Å². The third-order valence-electron chi connectivity index (χ3n) is 5.95. The standard InChI is InChI=1S/C25H26N6O4/c1-30-16-20(13-28-30)31-8-5-23(32)22(29-31)12-18-3-2-4-19(11-18)24-26-14-21(15-27-24)35-17-25(33)6-9-34-10-7-25/h2-5,8,11,13-16,33H,6-7,9-10,12,17H2,1H3. The van der Waals surface area contributed by atoms with Crippen LogP contribution in [-0.4, -0.2) is 60.1 Å². The van der Waals surface area contributed by atoms with Crippen molar-refractivity contribution >= 4 is 0 Å². The molecule has 0 bridgehead atoms. The van der Waals surface area contributed by atoms with Crippen LogP contribution < -0.4 is 10.2 Å². The Labute approximate surface area is 201 Å². The molecule has 35 heavy (non-hydrogen) atoms. The van der Waals surface area contributed by atoms with Crippen molar-refractivity contribution in [3.63, 3.8) is 0 Å². The molecule has 1 aliphatic heterocycles. The second kappa shape index (κ2) is 9.77. The molecule has 0 saturated carbocycles. The highest BCUT2D eigenvalue weighted by Crippen LogP contribution is 2.23. The van der Waals surface area contributed by atoms with Gasteiger partial charge in [-0.1, -0.05) is 18.2 Å². The van der Waals surface area contributed by atoms with E-state index in [1.54, 1.807) is 34.2 Å². The topological polar surface area (TPSA) is 117 Å². The summed E-state index contributed by atoms with van der Waals surface area (Å²) in [5.74, 6) is 1.03. The van der Waals surface area contributed by atoms with Gasteiger partial charge in [-0.25, -0.2) is 14.6 Å². The minimum Gasteiger partial charge on any atom is -0.487 e. The fourth-order valence-electron chi connectivity index (χ4n) is 3.91. The molecule has 1 fully saturated rings. The average Bonchev–Trinajstić information content (AvgIpc) is 3.31. The summed E-state index contributed by atoms with van der Waals surface area (Å²) in [6, 6.07) is 9.22. The normalized spacial score (nSPS) is 15.1. The zero-order valence-corrected chi connectivity index (χ0v) is 19.4. The third kappa shape index (κ3) is 5.44. The zero-order valence-electron chi connectivity index (χ0n) is 19.4. The quantitative estimate of drug-likeness (QED) is 0.432. The molecule has 180 valence electrons. The van der Waals surface area contributed by atoms with E-state index in [-0.39, 0.29) is 12.0 Å². The lowest BCUT2D eigenvalue weighted by Crippen LogP contribution is -2.41. The van der Waals surface area contributed by atoms with Gasteiger partial charge in [0, 0.05) is 57.4 Å². The van der Waals surface area contributed by atoms with Crippen LogP contribution >= 0.6 is 0 Å². The van der Waals surface area contributed by atoms with Crippen molar-refractivity contribution in [2.24, 2.45) is 7.05 Å².